The first-order chi connectivity index (χ1) is 10.1. The Morgan fingerprint density at radius 3 is 2.95 bits per heavy atom. The molecule has 0 unspecified atom stereocenters. The van der Waals surface area contributed by atoms with Crippen molar-refractivity contribution in [3.8, 4) is 11.5 Å². The lowest BCUT2D eigenvalue weighted by atomic mass is 10.2. The first kappa shape index (κ1) is 13.7. The molecule has 0 saturated heterocycles. The van der Waals surface area contributed by atoms with E-state index >= 15 is 0 Å². The summed E-state index contributed by atoms with van der Waals surface area (Å²) in [4.78, 5) is 0. The minimum atomic E-state index is -0.349. The molecule has 0 amide bonds. The molecule has 0 aliphatic rings. The minimum absolute atomic E-state index is 0.349. The third kappa shape index (κ3) is 2.92. The Bertz CT molecular complexity index is 766. The Morgan fingerprint density at radius 1 is 1.33 bits per heavy atom. The van der Waals surface area contributed by atoms with Crippen LogP contribution in [-0.4, -0.2) is 10.2 Å². The molecule has 0 bridgehead atoms. The van der Waals surface area contributed by atoms with Crippen molar-refractivity contribution in [2.75, 3.05) is 5.32 Å². The van der Waals surface area contributed by atoms with Crippen LogP contribution in [0.15, 0.2) is 40.9 Å². The van der Waals surface area contributed by atoms with E-state index < -0.39 is 0 Å². The van der Waals surface area contributed by atoms with Crippen LogP contribution in [0, 0.1) is 12.7 Å². The summed E-state index contributed by atoms with van der Waals surface area (Å²) in [6.45, 7) is 2.28. The topological polar surface area (TPSA) is 53.9 Å². The molecule has 0 aliphatic heterocycles. The van der Waals surface area contributed by atoms with Gasteiger partial charge in [0.25, 0.3) is 0 Å². The van der Waals surface area contributed by atoms with E-state index in [0.717, 1.165) is 17.0 Å². The molecule has 0 saturated carbocycles. The molecule has 0 aliphatic carbocycles. The predicted octanol–water partition coefficient (Wildman–Crippen LogP) is 4.38. The smallest absolute Gasteiger partial charge is 0.152 e. The zero-order valence-corrected chi connectivity index (χ0v) is 12.0. The van der Waals surface area contributed by atoms with Gasteiger partial charge in [-0.2, -0.15) is 5.10 Å². The van der Waals surface area contributed by atoms with Crippen LogP contribution in [0.4, 0.5) is 10.1 Å². The molecular weight excluding hydrogens is 293 g/mol. The number of halogens is 2. The van der Waals surface area contributed by atoms with Crippen molar-refractivity contribution < 1.29 is 8.81 Å². The summed E-state index contributed by atoms with van der Waals surface area (Å²) in [5.41, 5.74) is 2.01. The zero-order valence-electron chi connectivity index (χ0n) is 11.3. The van der Waals surface area contributed by atoms with Crippen molar-refractivity contribution in [3.05, 3.63) is 58.7 Å². The van der Waals surface area contributed by atoms with Crippen LogP contribution in [0.1, 0.15) is 11.3 Å². The van der Waals surface area contributed by atoms with Crippen molar-refractivity contribution >= 4 is 17.3 Å². The highest BCUT2D eigenvalue weighted by Gasteiger charge is 2.12. The lowest BCUT2D eigenvalue weighted by Gasteiger charge is -2.07. The maximum atomic E-state index is 13.7. The van der Waals surface area contributed by atoms with Crippen LogP contribution in [0.3, 0.4) is 0 Å². The molecule has 2 N–H and O–H groups in total. The summed E-state index contributed by atoms with van der Waals surface area (Å²) in [7, 11) is 0. The third-order valence-electron chi connectivity index (χ3n) is 3.10. The molecule has 0 fully saturated rings. The van der Waals surface area contributed by atoms with Crippen LogP contribution in [0.2, 0.25) is 5.02 Å². The SMILES string of the molecule is Cc1ccc(-c2[nH]ncc2CNc2cc(Cl)ccc2F)o1. The summed E-state index contributed by atoms with van der Waals surface area (Å²) in [6, 6.07) is 8.14. The Labute approximate surface area is 125 Å². The molecule has 3 aromatic rings. The standard InChI is InChI=1S/C15H13ClFN3O/c1-9-2-5-14(21-9)15-10(8-19-20-15)7-18-13-6-11(16)3-4-12(13)17/h2-6,8,18H,7H2,1H3,(H,19,20). The van der Waals surface area contributed by atoms with Gasteiger partial charge in [0.05, 0.1) is 11.9 Å². The summed E-state index contributed by atoms with van der Waals surface area (Å²) >= 11 is 5.87. The highest BCUT2D eigenvalue weighted by Crippen LogP contribution is 2.25. The van der Waals surface area contributed by atoms with Crippen molar-refractivity contribution in [1.82, 2.24) is 10.2 Å². The molecule has 1 aromatic carbocycles. The van der Waals surface area contributed by atoms with Gasteiger partial charge in [-0.25, -0.2) is 4.39 Å². The zero-order chi connectivity index (χ0) is 14.8. The number of aryl methyl sites for hydroxylation is 1. The Hall–Kier alpha value is -2.27. The maximum absolute atomic E-state index is 13.7. The molecule has 3 rings (SSSR count). The number of aromatic amines is 1. The van der Waals surface area contributed by atoms with Gasteiger partial charge in [-0.1, -0.05) is 11.6 Å². The van der Waals surface area contributed by atoms with Crippen molar-refractivity contribution in [2.45, 2.75) is 13.5 Å². The van der Waals surface area contributed by atoms with E-state index in [-0.39, 0.29) is 5.82 Å². The van der Waals surface area contributed by atoms with E-state index in [1.165, 1.54) is 12.1 Å². The van der Waals surface area contributed by atoms with Crippen LogP contribution < -0.4 is 5.32 Å². The van der Waals surface area contributed by atoms with Gasteiger partial charge >= 0.3 is 0 Å². The minimum Gasteiger partial charge on any atom is -0.460 e. The molecule has 0 spiro atoms. The summed E-state index contributed by atoms with van der Waals surface area (Å²) < 4.78 is 19.2. The second kappa shape index (κ2) is 5.61. The Balaban J connectivity index is 1.80. The van der Waals surface area contributed by atoms with Crippen LogP contribution in [-0.2, 0) is 6.54 Å². The fraction of sp³-hybridized carbons (Fsp3) is 0.133. The number of hydrogen-bond donors (Lipinski definition) is 2. The highest BCUT2D eigenvalue weighted by molar-refractivity contribution is 6.30. The van der Waals surface area contributed by atoms with E-state index in [0.29, 0.717) is 23.0 Å². The van der Waals surface area contributed by atoms with E-state index in [1.54, 1.807) is 12.3 Å². The van der Waals surface area contributed by atoms with E-state index in [4.69, 9.17) is 16.0 Å². The maximum Gasteiger partial charge on any atom is 0.152 e. The Morgan fingerprint density at radius 2 is 2.19 bits per heavy atom. The van der Waals surface area contributed by atoms with Gasteiger partial charge < -0.3 is 9.73 Å². The quantitative estimate of drug-likeness (QED) is 0.752. The van der Waals surface area contributed by atoms with Gasteiger partial charge in [0.15, 0.2) is 5.76 Å². The second-order valence-electron chi connectivity index (χ2n) is 4.66. The molecule has 108 valence electrons. The van der Waals surface area contributed by atoms with Crippen LogP contribution in [0.5, 0.6) is 0 Å². The first-order valence-corrected chi connectivity index (χ1v) is 6.79. The number of H-pyrrole nitrogens is 1. The number of hydrogen-bond acceptors (Lipinski definition) is 3. The van der Waals surface area contributed by atoms with E-state index in [2.05, 4.69) is 15.5 Å². The van der Waals surface area contributed by atoms with E-state index in [9.17, 15) is 4.39 Å². The van der Waals surface area contributed by atoms with Gasteiger partial charge in [-0.05, 0) is 37.3 Å². The summed E-state index contributed by atoms with van der Waals surface area (Å²) in [5.74, 6) is 1.17. The summed E-state index contributed by atoms with van der Waals surface area (Å²) in [5, 5.41) is 10.4. The average Bonchev–Trinajstić information content (AvgIpc) is 3.08. The van der Waals surface area contributed by atoms with Gasteiger partial charge in [0.2, 0.25) is 0 Å². The highest BCUT2D eigenvalue weighted by atomic mass is 35.5. The van der Waals surface area contributed by atoms with Crippen molar-refractivity contribution in [2.24, 2.45) is 0 Å². The third-order valence-corrected chi connectivity index (χ3v) is 3.34. The van der Waals surface area contributed by atoms with Crippen LogP contribution in [0.25, 0.3) is 11.5 Å². The van der Waals surface area contributed by atoms with Gasteiger partial charge in [-0.15, -0.1) is 0 Å². The second-order valence-corrected chi connectivity index (χ2v) is 5.09. The van der Waals surface area contributed by atoms with Gasteiger partial charge in [-0.3, -0.25) is 5.10 Å². The van der Waals surface area contributed by atoms with Gasteiger partial charge in [0, 0.05) is 17.1 Å². The number of anilines is 1. The number of nitrogens with one attached hydrogen (secondary N) is 2. The fourth-order valence-corrected chi connectivity index (χ4v) is 2.22. The molecule has 6 heteroatoms. The monoisotopic (exact) mass is 305 g/mol. The molecule has 4 nitrogen and oxygen atoms in total. The molecule has 0 atom stereocenters. The number of nitrogens with zero attached hydrogens (tertiary/aromatic N) is 1. The van der Waals surface area contributed by atoms with Crippen LogP contribution >= 0.6 is 11.6 Å². The molecule has 0 radical (unpaired) electrons. The normalized spacial score (nSPS) is 10.8. The average molecular weight is 306 g/mol. The number of benzene rings is 1. The van der Waals surface area contributed by atoms with E-state index in [1.807, 2.05) is 19.1 Å². The van der Waals surface area contributed by atoms with Gasteiger partial charge in [0.1, 0.15) is 17.3 Å². The number of rotatable bonds is 4. The largest absolute Gasteiger partial charge is 0.460 e. The first-order valence-electron chi connectivity index (χ1n) is 6.41. The summed E-state index contributed by atoms with van der Waals surface area (Å²) in [6.07, 6.45) is 1.68. The Kier molecular flexibility index (Phi) is 3.66. The molecule has 2 aromatic heterocycles. The number of furan rings is 1. The lowest BCUT2D eigenvalue weighted by molar-refractivity contribution is 0.545. The lowest BCUT2D eigenvalue weighted by Crippen LogP contribution is -2.01. The molecule has 21 heavy (non-hydrogen) atoms. The predicted molar refractivity (Wildman–Crippen MR) is 79.8 cm³/mol. The van der Waals surface area contributed by atoms with Crippen molar-refractivity contribution in [1.29, 1.82) is 0 Å². The molecular formula is C15H13ClFN3O. The molecule has 2 heterocycles. The number of aromatic nitrogens is 2. The fourth-order valence-electron chi connectivity index (χ4n) is 2.05. The van der Waals surface area contributed by atoms with Crippen molar-refractivity contribution in [3.63, 3.8) is 0 Å².